The summed E-state index contributed by atoms with van der Waals surface area (Å²) in [5.74, 6) is -0.326. The number of halogens is 1. The molecule has 1 aromatic carbocycles. The van der Waals surface area contributed by atoms with Gasteiger partial charge in [0.2, 0.25) is 5.91 Å². The number of carbonyl (C=O) groups excluding carboxylic acids is 1. The first kappa shape index (κ1) is 18.5. The molecule has 3 unspecified atom stereocenters. The molecule has 3 atom stereocenters. The molecule has 24 heavy (non-hydrogen) atoms. The van der Waals surface area contributed by atoms with Crippen LogP contribution in [0.1, 0.15) is 18.9 Å². The number of carbonyl (C=O) groups is 2. The molecule has 8 heteroatoms. The van der Waals surface area contributed by atoms with E-state index in [-0.39, 0.29) is 31.5 Å². The number of nitrogens with zero attached hydrogens (tertiary/aromatic N) is 1. The Morgan fingerprint density at radius 3 is 2.71 bits per heavy atom. The minimum Gasteiger partial charge on any atom is -0.465 e. The van der Waals surface area contributed by atoms with E-state index in [1.807, 2.05) is 12.1 Å². The lowest BCUT2D eigenvalue weighted by Crippen LogP contribution is -2.42. The van der Waals surface area contributed by atoms with E-state index in [0.29, 0.717) is 11.4 Å². The average Bonchev–Trinajstić information content (AvgIpc) is 2.88. The molecule has 2 amide bonds. The van der Waals surface area contributed by atoms with Gasteiger partial charge in [0.1, 0.15) is 6.73 Å². The van der Waals surface area contributed by atoms with E-state index in [4.69, 9.17) is 21.4 Å². The molecule has 1 fully saturated rings. The van der Waals surface area contributed by atoms with E-state index >= 15 is 0 Å². The van der Waals surface area contributed by atoms with Crippen LogP contribution in [0.2, 0.25) is 5.02 Å². The molecule has 1 aliphatic rings. The smallest absolute Gasteiger partial charge is 0.404 e. The van der Waals surface area contributed by atoms with Gasteiger partial charge < -0.3 is 25.2 Å². The summed E-state index contributed by atoms with van der Waals surface area (Å²) in [6.07, 6.45) is -1.54. The zero-order valence-corrected chi connectivity index (χ0v) is 14.1. The van der Waals surface area contributed by atoms with Crippen LogP contribution in [-0.4, -0.2) is 52.7 Å². The highest BCUT2D eigenvalue weighted by molar-refractivity contribution is 6.30. The maximum Gasteiger partial charge on any atom is 0.404 e. The Bertz CT molecular complexity index is 580. The third-order valence-corrected chi connectivity index (χ3v) is 4.17. The maximum absolute atomic E-state index is 12.4. The highest BCUT2D eigenvalue weighted by atomic mass is 35.5. The Labute approximate surface area is 145 Å². The monoisotopic (exact) mass is 356 g/mol. The summed E-state index contributed by atoms with van der Waals surface area (Å²) in [6, 6.07) is 6.72. The van der Waals surface area contributed by atoms with Crippen LogP contribution >= 0.6 is 11.6 Å². The Hall–Kier alpha value is -1.83. The summed E-state index contributed by atoms with van der Waals surface area (Å²) in [6.45, 7) is 2.01. The summed E-state index contributed by atoms with van der Waals surface area (Å²) >= 11 is 5.86. The van der Waals surface area contributed by atoms with Crippen LogP contribution in [0.5, 0.6) is 0 Å². The largest absolute Gasteiger partial charge is 0.465 e. The van der Waals surface area contributed by atoms with Gasteiger partial charge in [0.15, 0.2) is 6.29 Å². The number of nitrogens with one attached hydrogen (secondary N) is 1. The van der Waals surface area contributed by atoms with E-state index in [2.05, 4.69) is 5.32 Å². The van der Waals surface area contributed by atoms with Gasteiger partial charge in [-0.1, -0.05) is 30.7 Å². The van der Waals surface area contributed by atoms with Gasteiger partial charge in [-0.2, -0.15) is 0 Å². The van der Waals surface area contributed by atoms with Gasteiger partial charge in [0.25, 0.3) is 0 Å². The molecule has 1 heterocycles. The SMILES string of the molecule is CC(CNC(=O)O)CC(=O)N1COC(O)C1Cc1ccc(Cl)cc1. The summed E-state index contributed by atoms with van der Waals surface area (Å²) in [7, 11) is 0. The maximum atomic E-state index is 12.4. The number of carboxylic acid groups (broad SMARTS) is 1. The second-order valence-electron chi connectivity index (χ2n) is 5.94. The highest BCUT2D eigenvalue weighted by Gasteiger charge is 2.37. The quantitative estimate of drug-likeness (QED) is 0.720. The van der Waals surface area contributed by atoms with Gasteiger partial charge in [-0.05, 0) is 30.0 Å². The number of aliphatic hydroxyl groups is 1. The average molecular weight is 357 g/mol. The Morgan fingerprint density at radius 2 is 2.08 bits per heavy atom. The van der Waals surface area contributed by atoms with Crippen molar-refractivity contribution >= 4 is 23.6 Å². The molecule has 2 rings (SSSR count). The lowest BCUT2D eigenvalue weighted by atomic mass is 10.0. The fourth-order valence-corrected chi connectivity index (χ4v) is 2.72. The second kappa shape index (κ2) is 8.32. The number of rotatable bonds is 6. The number of hydrogen-bond acceptors (Lipinski definition) is 4. The standard InChI is InChI=1S/C16H21ClN2O5/c1-10(8-18-16(22)23)6-14(20)19-9-24-15(21)13(19)7-11-2-4-12(17)5-3-11/h2-5,10,13,15,18,21H,6-9H2,1H3,(H,22,23). The van der Waals surface area contributed by atoms with Crippen LogP contribution in [0, 0.1) is 5.92 Å². The van der Waals surface area contributed by atoms with Gasteiger partial charge >= 0.3 is 6.09 Å². The number of benzene rings is 1. The van der Waals surface area contributed by atoms with Crippen molar-refractivity contribution in [1.82, 2.24) is 10.2 Å². The molecule has 132 valence electrons. The third kappa shape index (κ3) is 5.09. The molecule has 0 saturated carbocycles. The predicted molar refractivity (Wildman–Crippen MR) is 87.6 cm³/mol. The lowest BCUT2D eigenvalue weighted by molar-refractivity contribution is -0.134. The number of amides is 2. The molecular formula is C16H21ClN2O5. The normalized spacial score (nSPS) is 21.5. The summed E-state index contributed by atoms with van der Waals surface area (Å²) in [4.78, 5) is 24.4. The molecular weight excluding hydrogens is 336 g/mol. The van der Waals surface area contributed by atoms with Crippen LogP contribution in [0.15, 0.2) is 24.3 Å². The minimum atomic E-state index is -1.12. The summed E-state index contributed by atoms with van der Waals surface area (Å²) in [5.41, 5.74) is 0.937. The third-order valence-electron chi connectivity index (χ3n) is 3.92. The van der Waals surface area contributed by atoms with E-state index < -0.39 is 18.4 Å². The van der Waals surface area contributed by atoms with E-state index in [1.54, 1.807) is 19.1 Å². The zero-order chi connectivity index (χ0) is 17.7. The molecule has 1 aliphatic heterocycles. The van der Waals surface area contributed by atoms with Crippen LogP contribution in [-0.2, 0) is 16.0 Å². The Balaban J connectivity index is 1.95. The van der Waals surface area contributed by atoms with Gasteiger partial charge in [0, 0.05) is 18.0 Å². The van der Waals surface area contributed by atoms with Gasteiger partial charge in [-0.3, -0.25) is 4.79 Å². The van der Waals surface area contributed by atoms with E-state index in [9.17, 15) is 14.7 Å². The van der Waals surface area contributed by atoms with Crippen molar-refractivity contribution in [1.29, 1.82) is 0 Å². The van der Waals surface area contributed by atoms with E-state index in [0.717, 1.165) is 5.56 Å². The fourth-order valence-electron chi connectivity index (χ4n) is 2.60. The van der Waals surface area contributed by atoms with Crippen LogP contribution in [0.4, 0.5) is 4.79 Å². The first-order valence-electron chi connectivity index (χ1n) is 7.67. The number of aliphatic hydroxyl groups excluding tert-OH is 1. The molecule has 7 nitrogen and oxygen atoms in total. The number of hydrogen-bond donors (Lipinski definition) is 3. The molecule has 3 N–H and O–H groups in total. The van der Waals surface area contributed by atoms with Crippen molar-refractivity contribution in [3.05, 3.63) is 34.9 Å². The Kier molecular flexibility index (Phi) is 6.42. The molecule has 0 aliphatic carbocycles. The fraction of sp³-hybridized carbons (Fsp3) is 0.500. The molecule has 0 bridgehead atoms. The topological polar surface area (TPSA) is 99.1 Å². The molecule has 0 radical (unpaired) electrons. The number of ether oxygens (including phenoxy) is 1. The predicted octanol–water partition coefficient (Wildman–Crippen LogP) is 1.68. The zero-order valence-electron chi connectivity index (χ0n) is 13.3. The van der Waals surface area contributed by atoms with Crippen molar-refractivity contribution in [2.45, 2.75) is 32.1 Å². The van der Waals surface area contributed by atoms with Crippen LogP contribution in [0.25, 0.3) is 0 Å². The summed E-state index contributed by atoms with van der Waals surface area (Å²) < 4.78 is 5.20. The minimum absolute atomic E-state index is 0.0251. The molecule has 0 spiro atoms. The first-order chi connectivity index (χ1) is 11.4. The summed E-state index contributed by atoms with van der Waals surface area (Å²) in [5, 5.41) is 21.5. The van der Waals surface area contributed by atoms with Crippen molar-refractivity contribution in [3.63, 3.8) is 0 Å². The van der Waals surface area contributed by atoms with Gasteiger partial charge in [-0.25, -0.2) is 4.79 Å². The van der Waals surface area contributed by atoms with Gasteiger partial charge in [0.05, 0.1) is 6.04 Å². The second-order valence-corrected chi connectivity index (χ2v) is 6.38. The van der Waals surface area contributed by atoms with E-state index in [1.165, 1.54) is 4.90 Å². The molecule has 0 aromatic heterocycles. The molecule has 1 aromatic rings. The van der Waals surface area contributed by atoms with Crippen LogP contribution in [0.3, 0.4) is 0 Å². The Morgan fingerprint density at radius 1 is 1.42 bits per heavy atom. The lowest BCUT2D eigenvalue weighted by Gasteiger charge is -2.25. The highest BCUT2D eigenvalue weighted by Crippen LogP contribution is 2.22. The van der Waals surface area contributed by atoms with Crippen molar-refractivity contribution < 1.29 is 24.5 Å². The van der Waals surface area contributed by atoms with Gasteiger partial charge in [-0.15, -0.1) is 0 Å². The van der Waals surface area contributed by atoms with Crippen molar-refractivity contribution in [3.8, 4) is 0 Å². The van der Waals surface area contributed by atoms with Crippen molar-refractivity contribution in [2.75, 3.05) is 13.3 Å². The molecule has 1 saturated heterocycles. The van der Waals surface area contributed by atoms with Crippen molar-refractivity contribution in [2.24, 2.45) is 5.92 Å². The first-order valence-corrected chi connectivity index (χ1v) is 8.05. The van der Waals surface area contributed by atoms with Crippen LogP contribution < -0.4 is 5.32 Å².